The lowest BCUT2D eigenvalue weighted by Gasteiger charge is -2.07. The van der Waals surface area contributed by atoms with Crippen molar-refractivity contribution in [2.45, 2.75) is 25.7 Å². The third-order valence-corrected chi connectivity index (χ3v) is 4.51. The Morgan fingerprint density at radius 1 is 0.958 bits per heavy atom. The number of sulfonamides is 1. The van der Waals surface area contributed by atoms with E-state index in [9.17, 15) is 13.2 Å². The molecular formula is C17H19N3O3S. The van der Waals surface area contributed by atoms with E-state index in [1.54, 1.807) is 6.92 Å². The molecule has 2 rings (SSSR count). The highest BCUT2D eigenvalue weighted by Crippen LogP contribution is 2.14. The zero-order chi connectivity index (χ0) is 17.7. The van der Waals surface area contributed by atoms with Crippen LogP contribution in [0.25, 0.3) is 0 Å². The highest BCUT2D eigenvalue weighted by Gasteiger charge is 2.13. The summed E-state index contributed by atoms with van der Waals surface area (Å²) in [4.78, 5) is 13.3. The normalized spacial score (nSPS) is 11.9. The van der Waals surface area contributed by atoms with Crippen molar-refractivity contribution in [2.75, 3.05) is 5.32 Å². The fourth-order valence-electron chi connectivity index (χ4n) is 1.96. The second-order valence-corrected chi connectivity index (χ2v) is 7.02. The Morgan fingerprint density at radius 2 is 1.54 bits per heavy atom. The molecule has 2 N–H and O–H groups in total. The Morgan fingerprint density at radius 3 is 2.08 bits per heavy atom. The predicted molar refractivity (Wildman–Crippen MR) is 94.5 cm³/mol. The first kappa shape index (κ1) is 17.7. The molecule has 0 unspecified atom stereocenters. The van der Waals surface area contributed by atoms with Gasteiger partial charge in [0.1, 0.15) is 0 Å². The van der Waals surface area contributed by atoms with E-state index in [1.165, 1.54) is 31.2 Å². The van der Waals surface area contributed by atoms with Gasteiger partial charge in [-0.25, -0.2) is 0 Å². The molecule has 7 heteroatoms. The summed E-state index contributed by atoms with van der Waals surface area (Å²) in [6.07, 6.45) is 0. The van der Waals surface area contributed by atoms with Crippen LogP contribution in [0.15, 0.2) is 58.5 Å². The van der Waals surface area contributed by atoms with Gasteiger partial charge in [0.05, 0.1) is 10.6 Å². The van der Waals surface area contributed by atoms with Gasteiger partial charge in [0.2, 0.25) is 5.91 Å². The molecule has 0 saturated carbocycles. The monoisotopic (exact) mass is 345 g/mol. The minimum atomic E-state index is -3.77. The molecule has 126 valence electrons. The van der Waals surface area contributed by atoms with Gasteiger partial charge in [-0.3, -0.25) is 4.79 Å². The van der Waals surface area contributed by atoms with Gasteiger partial charge in [-0.15, -0.1) is 0 Å². The average molecular weight is 345 g/mol. The molecule has 0 radical (unpaired) electrons. The van der Waals surface area contributed by atoms with Gasteiger partial charge in [0, 0.05) is 12.6 Å². The van der Waals surface area contributed by atoms with Crippen LogP contribution in [0.5, 0.6) is 0 Å². The molecule has 0 aliphatic rings. The Labute approximate surface area is 141 Å². The van der Waals surface area contributed by atoms with Crippen molar-refractivity contribution in [3.8, 4) is 0 Å². The number of amides is 1. The van der Waals surface area contributed by atoms with Crippen molar-refractivity contribution in [1.29, 1.82) is 0 Å². The van der Waals surface area contributed by atoms with E-state index in [2.05, 4.69) is 15.2 Å². The number of aryl methyl sites for hydroxylation is 1. The van der Waals surface area contributed by atoms with E-state index in [0.717, 1.165) is 11.1 Å². The quantitative estimate of drug-likeness (QED) is 0.645. The Balaban J connectivity index is 2.14. The smallest absolute Gasteiger partial charge is 0.276 e. The molecule has 6 nitrogen and oxygen atoms in total. The summed E-state index contributed by atoms with van der Waals surface area (Å²) in [5.74, 6) is -0.220. The maximum absolute atomic E-state index is 12.3. The van der Waals surface area contributed by atoms with E-state index in [4.69, 9.17) is 0 Å². The van der Waals surface area contributed by atoms with Gasteiger partial charge in [0.15, 0.2) is 0 Å². The zero-order valence-electron chi connectivity index (χ0n) is 13.7. The summed E-state index contributed by atoms with van der Waals surface area (Å²) in [5, 5.41) is 6.53. The summed E-state index contributed by atoms with van der Waals surface area (Å²) in [6, 6.07) is 13.5. The highest BCUT2D eigenvalue weighted by atomic mass is 32.2. The summed E-state index contributed by atoms with van der Waals surface area (Å²) in [7, 11) is -3.77. The van der Waals surface area contributed by atoms with Crippen molar-refractivity contribution in [3.05, 3.63) is 59.7 Å². The molecule has 2 aromatic rings. The fraction of sp³-hybridized carbons (Fsp3) is 0.176. The third-order valence-electron chi connectivity index (χ3n) is 3.29. The molecule has 0 aliphatic carbocycles. The first-order valence-corrected chi connectivity index (χ1v) is 8.77. The molecule has 0 atom stereocenters. The van der Waals surface area contributed by atoms with Crippen molar-refractivity contribution in [2.24, 2.45) is 5.10 Å². The van der Waals surface area contributed by atoms with Crippen LogP contribution >= 0.6 is 0 Å². The largest absolute Gasteiger partial charge is 0.326 e. The summed E-state index contributed by atoms with van der Waals surface area (Å²) in [5.41, 5.74) is 3.05. The van der Waals surface area contributed by atoms with E-state index in [-0.39, 0.29) is 10.8 Å². The fourth-order valence-corrected chi connectivity index (χ4v) is 2.82. The van der Waals surface area contributed by atoms with E-state index >= 15 is 0 Å². The number of anilines is 1. The Bertz CT molecular complexity index is 855. The lowest BCUT2D eigenvalue weighted by atomic mass is 10.1. The number of carbonyl (C=O) groups excluding carboxylic acids is 1. The molecule has 0 aromatic heterocycles. The third kappa shape index (κ3) is 4.66. The average Bonchev–Trinajstić information content (AvgIpc) is 2.53. The van der Waals surface area contributed by atoms with Gasteiger partial charge in [-0.2, -0.15) is 18.4 Å². The summed E-state index contributed by atoms with van der Waals surface area (Å²) in [6.45, 7) is 5.09. The first-order valence-electron chi connectivity index (χ1n) is 7.29. The lowest BCUT2D eigenvalue weighted by Crippen LogP contribution is -2.20. The van der Waals surface area contributed by atoms with Crippen LogP contribution in [0.3, 0.4) is 0 Å². The number of hydrazone groups is 1. The minimum absolute atomic E-state index is 0.0667. The van der Waals surface area contributed by atoms with Crippen LogP contribution in [-0.2, 0) is 14.8 Å². The number of hydrogen-bond acceptors (Lipinski definition) is 4. The molecule has 0 saturated heterocycles. The van der Waals surface area contributed by atoms with Crippen molar-refractivity contribution in [3.63, 3.8) is 0 Å². The van der Waals surface area contributed by atoms with Crippen LogP contribution in [0.2, 0.25) is 0 Å². The topological polar surface area (TPSA) is 87.6 Å². The molecular weight excluding hydrogens is 326 g/mol. The second kappa shape index (κ2) is 7.27. The van der Waals surface area contributed by atoms with Crippen molar-refractivity contribution < 1.29 is 13.2 Å². The van der Waals surface area contributed by atoms with Gasteiger partial charge in [-0.1, -0.05) is 29.8 Å². The van der Waals surface area contributed by atoms with Gasteiger partial charge in [0.25, 0.3) is 10.0 Å². The van der Waals surface area contributed by atoms with E-state index < -0.39 is 10.0 Å². The standard InChI is InChI=1S/C17H19N3O3S/c1-12-4-6-15(7-5-12)13(2)19-20-24(22,23)17-10-8-16(9-11-17)18-14(3)21/h4-11,20H,1-3H3,(H,18,21). The van der Waals surface area contributed by atoms with Gasteiger partial charge < -0.3 is 5.32 Å². The number of hydrogen-bond donors (Lipinski definition) is 2. The lowest BCUT2D eigenvalue weighted by molar-refractivity contribution is -0.114. The number of nitrogens with zero attached hydrogens (tertiary/aromatic N) is 1. The number of carbonyl (C=O) groups is 1. The molecule has 0 spiro atoms. The first-order chi connectivity index (χ1) is 11.3. The number of rotatable bonds is 5. The van der Waals surface area contributed by atoms with Crippen LogP contribution in [0.1, 0.15) is 25.0 Å². The molecule has 2 aromatic carbocycles. The SMILES string of the molecule is CC(=O)Nc1ccc(S(=O)(=O)NN=C(C)c2ccc(C)cc2)cc1. The molecule has 1 amide bonds. The zero-order valence-corrected chi connectivity index (χ0v) is 14.5. The van der Waals surface area contributed by atoms with Gasteiger partial charge in [-0.05, 0) is 43.7 Å². The van der Waals surface area contributed by atoms with Crippen molar-refractivity contribution in [1.82, 2.24) is 4.83 Å². The maximum atomic E-state index is 12.3. The Kier molecular flexibility index (Phi) is 5.35. The predicted octanol–water partition coefficient (Wildman–Crippen LogP) is 2.66. The molecule has 0 bridgehead atoms. The van der Waals surface area contributed by atoms with Crippen LogP contribution < -0.4 is 10.1 Å². The summed E-state index contributed by atoms with van der Waals surface area (Å²) < 4.78 is 24.5. The molecule has 0 heterocycles. The van der Waals surface area contributed by atoms with E-state index in [1.807, 2.05) is 31.2 Å². The van der Waals surface area contributed by atoms with Crippen LogP contribution in [0, 0.1) is 6.92 Å². The van der Waals surface area contributed by atoms with Gasteiger partial charge >= 0.3 is 0 Å². The summed E-state index contributed by atoms with van der Waals surface area (Å²) >= 11 is 0. The molecule has 0 fully saturated rings. The molecule has 24 heavy (non-hydrogen) atoms. The molecule has 0 aliphatic heterocycles. The van der Waals surface area contributed by atoms with Crippen LogP contribution in [-0.4, -0.2) is 20.0 Å². The van der Waals surface area contributed by atoms with E-state index in [0.29, 0.717) is 11.4 Å². The van der Waals surface area contributed by atoms with Crippen LogP contribution in [0.4, 0.5) is 5.69 Å². The number of nitrogens with one attached hydrogen (secondary N) is 2. The second-order valence-electron chi connectivity index (χ2n) is 5.36. The number of benzene rings is 2. The van der Waals surface area contributed by atoms with Crippen molar-refractivity contribution >= 4 is 27.3 Å². The highest BCUT2D eigenvalue weighted by molar-refractivity contribution is 7.89. The maximum Gasteiger partial charge on any atom is 0.276 e. The Hall–Kier alpha value is -2.67. The minimum Gasteiger partial charge on any atom is -0.326 e.